The van der Waals surface area contributed by atoms with Crippen molar-refractivity contribution in [1.82, 2.24) is 0 Å². The lowest BCUT2D eigenvalue weighted by atomic mass is 9.65. The van der Waals surface area contributed by atoms with Crippen molar-refractivity contribution in [2.45, 2.75) is 53.9 Å². The predicted molar refractivity (Wildman–Crippen MR) is 55.2 cm³/mol. The van der Waals surface area contributed by atoms with Crippen LogP contribution in [-0.4, -0.2) is 0 Å². The van der Waals surface area contributed by atoms with Crippen LogP contribution >= 0.6 is 0 Å². The number of allylic oxidation sites excluding steroid dienone is 2. The molecule has 0 radical (unpaired) electrons. The first-order valence-electron chi connectivity index (χ1n) is 5.05. The Hall–Kier alpha value is -0.260. The van der Waals surface area contributed by atoms with Gasteiger partial charge in [-0.3, -0.25) is 0 Å². The smallest absolute Gasteiger partial charge is 0.00962 e. The van der Waals surface area contributed by atoms with Gasteiger partial charge in [0.15, 0.2) is 0 Å². The Kier molecular flexibility index (Phi) is 2.38. The quantitative estimate of drug-likeness (QED) is 0.513. The molecular formula is C12H22. The average molecular weight is 166 g/mol. The molecule has 12 heavy (non-hydrogen) atoms. The lowest BCUT2D eigenvalue weighted by Gasteiger charge is -2.40. The topological polar surface area (TPSA) is 0 Å². The molecule has 0 N–H and O–H groups in total. The van der Waals surface area contributed by atoms with Gasteiger partial charge in [-0.2, -0.15) is 0 Å². The molecule has 70 valence electrons. The van der Waals surface area contributed by atoms with Gasteiger partial charge < -0.3 is 0 Å². The highest BCUT2D eigenvalue weighted by Gasteiger charge is 2.36. The Morgan fingerprint density at radius 1 is 1.08 bits per heavy atom. The Balaban J connectivity index is 2.84. The summed E-state index contributed by atoms with van der Waals surface area (Å²) in [6.07, 6.45) is 6.44. The molecule has 0 bridgehead atoms. The van der Waals surface area contributed by atoms with Gasteiger partial charge in [0.2, 0.25) is 0 Å². The van der Waals surface area contributed by atoms with Gasteiger partial charge in [0.1, 0.15) is 0 Å². The molecule has 1 aliphatic rings. The van der Waals surface area contributed by atoms with Crippen LogP contribution in [0.15, 0.2) is 11.6 Å². The largest absolute Gasteiger partial charge is 0.0848 e. The van der Waals surface area contributed by atoms with Gasteiger partial charge in [-0.05, 0) is 30.1 Å². The maximum Gasteiger partial charge on any atom is -0.00962 e. The van der Waals surface area contributed by atoms with Crippen molar-refractivity contribution in [3.8, 4) is 0 Å². The highest BCUT2D eigenvalue weighted by molar-refractivity contribution is 5.18. The molecule has 0 saturated heterocycles. The highest BCUT2D eigenvalue weighted by atomic mass is 14.4. The second-order valence-corrected chi connectivity index (χ2v) is 5.50. The minimum absolute atomic E-state index is 0.378. The van der Waals surface area contributed by atoms with Gasteiger partial charge in [0.05, 0.1) is 0 Å². The van der Waals surface area contributed by atoms with Crippen molar-refractivity contribution >= 4 is 0 Å². The molecule has 1 aliphatic carbocycles. The van der Waals surface area contributed by atoms with E-state index in [4.69, 9.17) is 0 Å². The molecule has 0 atom stereocenters. The Bertz CT molecular complexity index is 189. The summed E-state index contributed by atoms with van der Waals surface area (Å²) in [6.45, 7) is 11.8. The van der Waals surface area contributed by atoms with Crippen LogP contribution in [0.4, 0.5) is 0 Å². The first-order valence-corrected chi connectivity index (χ1v) is 5.05. The maximum atomic E-state index is 2.45. The third-order valence-electron chi connectivity index (χ3n) is 3.72. The van der Waals surface area contributed by atoms with E-state index in [1.54, 1.807) is 5.57 Å². The predicted octanol–water partition coefficient (Wildman–Crippen LogP) is 4.17. The number of rotatable bonds is 1. The summed E-state index contributed by atoms with van der Waals surface area (Å²) in [6, 6.07) is 0. The van der Waals surface area contributed by atoms with Crippen molar-refractivity contribution in [3.05, 3.63) is 11.6 Å². The maximum absolute atomic E-state index is 2.45. The Morgan fingerprint density at radius 3 is 2.00 bits per heavy atom. The van der Waals surface area contributed by atoms with Gasteiger partial charge in [-0.15, -0.1) is 0 Å². The Labute approximate surface area is 77.1 Å². The van der Waals surface area contributed by atoms with Crippen molar-refractivity contribution in [3.63, 3.8) is 0 Å². The van der Waals surface area contributed by atoms with E-state index in [-0.39, 0.29) is 0 Å². The molecule has 0 heteroatoms. The molecule has 1 rings (SSSR count). The van der Waals surface area contributed by atoms with Crippen molar-refractivity contribution in [2.24, 2.45) is 10.8 Å². The SMILES string of the molecule is CC(C)(C)C(C)(C)C1=CCCC1. The van der Waals surface area contributed by atoms with Gasteiger partial charge in [0.25, 0.3) is 0 Å². The molecule has 0 nitrogen and oxygen atoms in total. The fourth-order valence-electron chi connectivity index (χ4n) is 1.72. The monoisotopic (exact) mass is 166 g/mol. The first-order chi connectivity index (χ1) is 5.36. The number of hydrogen-bond acceptors (Lipinski definition) is 0. The standard InChI is InChI=1S/C12H22/c1-11(2,3)12(4,5)10-8-6-7-9-10/h8H,6-7,9H2,1-5H3. The zero-order valence-electron chi connectivity index (χ0n) is 9.20. The molecule has 0 aromatic carbocycles. The molecule has 0 aromatic rings. The Morgan fingerprint density at radius 2 is 1.67 bits per heavy atom. The van der Waals surface area contributed by atoms with Gasteiger partial charge >= 0.3 is 0 Å². The van der Waals surface area contributed by atoms with E-state index in [2.05, 4.69) is 40.7 Å². The van der Waals surface area contributed by atoms with Crippen LogP contribution in [-0.2, 0) is 0 Å². The summed E-state index contributed by atoms with van der Waals surface area (Å²) in [4.78, 5) is 0. The van der Waals surface area contributed by atoms with E-state index < -0.39 is 0 Å². The normalized spacial score (nSPS) is 19.6. The van der Waals surface area contributed by atoms with Gasteiger partial charge in [-0.1, -0.05) is 46.3 Å². The summed E-state index contributed by atoms with van der Waals surface area (Å²) in [5.41, 5.74) is 2.45. The van der Waals surface area contributed by atoms with Crippen LogP contribution in [0.2, 0.25) is 0 Å². The van der Waals surface area contributed by atoms with Gasteiger partial charge in [0, 0.05) is 0 Å². The third kappa shape index (κ3) is 1.57. The van der Waals surface area contributed by atoms with E-state index in [1.165, 1.54) is 19.3 Å². The molecule has 0 aromatic heterocycles. The van der Waals surface area contributed by atoms with E-state index in [9.17, 15) is 0 Å². The van der Waals surface area contributed by atoms with Crippen molar-refractivity contribution in [2.75, 3.05) is 0 Å². The highest BCUT2D eigenvalue weighted by Crippen LogP contribution is 2.47. The minimum atomic E-state index is 0.378. The second kappa shape index (κ2) is 2.90. The zero-order valence-corrected chi connectivity index (χ0v) is 9.20. The van der Waals surface area contributed by atoms with Crippen LogP contribution in [0, 0.1) is 10.8 Å². The van der Waals surface area contributed by atoms with Crippen LogP contribution in [0.5, 0.6) is 0 Å². The summed E-state index contributed by atoms with van der Waals surface area (Å²) < 4.78 is 0. The average Bonchev–Trinajstić information content (AvgIpc) is 2.34. The van der Waals surface area contributed by atoms with Gasteiger partial charge in [-0.25, -0.2) is 0 Å². The van der Waals surface area contributed by atoms with E-state index in [0.29, 0.717) is 10.8 Å². The molecule has 0 unspecified atom stereocenters. The minimum Gasteiger partial charge on any atom is -0.0848 e. The summed E-state index contributed by atoms with van der Waals surface area (Å²) >= 11 is 0. The molecule has 0 fully saturated rings. The summed E-state index contributed by atoms with van der Waals surface area (Å²) in [5, 5.41) is 0. The number of hydrogen-bond donors (Lipinski definition) is 0. The lowest BCUT2D eigenvalue weighted by molar-refractivity contribution is 0.174. The van der Waals surface area contributed by atoms with Crippen LogP contribution in [0.3, 0.4) is 0 Å². The second-order valence-electron chi connectivity index (χ2n) is 5.50. The summed E-state index contributed by atoms with van der Waals surface area (Å²) in [5.74, 6) is 0. The molecule has 0 heterocycles. The summed E-state index contributed by atoms with van der Waals surface area (Å²) in [7, 11) is 0. The fourth-order valence-corrected chi connectivity index (χ4v) is 1.72. The fraction of sp³-hybridized carbons (Fsp3) is 0.833. The van der Waals surface area contributed by atoms with E-state index in [0.717, 1.165) is 0 Å². The molecule has 0 amide bonds. The zero-order chi connectivity index (χ0) is 9.41. The van der Waals surface area contributed by atoms with Crippen LogP contribution in [0.25, 0.3) is 0 Å². The first kappa shape index (κ1) is 9.83. The van der Waals surface area contributed by atoms with Crippen LogP contribution in [0.1, 0.15) is 53.9 Å². The molecule has 0 saturated carbocycles. The van der Waals surface area contributed by atoms with Crippen LogP contribution < -0.4 is 0 Å². The third-order valence-corrected chi connectivity index (χ3v) is 3.72. The molecule has 0 spiro atoms. The van der Waals surface area contributed by atoms with Crippen molar-refractivity contribution in [1.29, 1.82) is 0 Å². The van der Waals surface area contributed by atoms with E-state index in [1.807, 2.05) is 0 Å². The lowest BCUT2D eigenvalue weighted by Crippen LogP contribution is -2.31. The molecule has 0 aliphatic heterocycles. The van der Waals surface area contributed by atoms with Crippen molar-refractivity contribution < 1.29 is 0 Å². The molecular weight excluding hydrogens is 144 g/mol. The van der Waals surface area contributed by atoms with E-state index >= 15 is 0 Å².